The molecule has 36 heavy (non-hydrogen) atoms. The molecule has 0 atom stereocenters. The van der Waals surface area contributed by atoms with Crippen molar-refractivity contribution in [2.24, 2.45) is 0 Å². The maximum absolute atomic E-state index is 13.3. The Kier molecular flexibility index (Phi) is 8.57. The van der Waals surface area contributed by atoms with Crippen molar-refractivity contribution in [2.75, 3.05) is 28.4 Å². The number of hydrogen-bond acceptors (Lipinski definition) is 8. The van der Waals surface area contributed by atoms with E-state index in [0.29, 0.717) is 35.5 Å². The minimum atomic E-state index is -0.720. The van der Waals surface area contributed by atoms with Gasteiger partial charge in [0.2, 0.25) is 11.6 Å². The molecule has 3 aromatic rings. The number of benzene rings is 3. The van der Waals surface area contributed by atoms with E-state index in [1.54, 1.807) is 18.2 Å². The maximum Gasteiger partial charge on any atom is 0.337 e. The number of rotatable bonds is 10. The molecule has 0 aliphatic rings. The van der Waals surface area contributed by atoms with Crippen molar-refractivity contribution in [3.63, 3.8) is 0 Å². The molecule has 0 aromatic heterocycles. The molecule has 3 aromatic carbocycles. The molecule has 0 aliphatic carbocycles. The van der Waals surface area contributed by atoms with E-state index in [1.807, 2.05) is 12.1 Å². The predicted molar refractivity (Wildman–Crippen MR) is 131 cm³/mol. The molecular formula is C28H26O8. The fourth-order valence-electron chi connectivity index (χ4n) is 3.67. The Balaban J connectivity index is 1.90. The highest BCUT2D eigenvalue weighted by Crippen LogP contribution is 2.32. The minimum Gasteiger partial charge on any atom is -0.493 e. The van der Waals surface area contributed by atoms with Gasteiger partial charge >= 0.3 is 11.9 Å². The highest BCUT2D eigenvalue weighted by atomic mass is 16.5. The molecule has 0 fully saturated rings. The first kappa shape index (κ1) is 26.2. The van der Waals surface area contributed by atoms with Crippen molar-refractivity contribution >= 4 is 23.5 Å². The fourth-order valence-corrected chi connectivity index (χ4v) is 3.67. The smallest absolute Gasteiger partial charge is 0.337 e. The van der Waals surface area contributed by atoms with Gasteiger partial charge in [0.05, 0.1) is 39.6 Å². The molecule has 0 amide bonds. The first-order valence-corrected chi connectivity index (χ1v) is 11.0. The third-order valence-electron chi connectivity index (χ3n) is 5.69. The van der Waals surface area contributed by atoms with Crippen LogP contribution in [-0.2, 0) is 22.3 Å². The summed E-state index contributed by atoms with van der Waals surface area (Å²) in [7, 11) is 5.52. The summed E-state index contributed by atoms with van der Waals surface area (Å²) >= 11 is 0. The molecule has 0 spiro atoms. The Bertz CT molecular complexity index is 1270. The summed E-state index contributed by atoms with van der Waals surface area (Å²) in [5.74, 6) is -1.64. The molecule has 0 N–H and O–H groups in total. The number of esters is 2. The van der Waals surface area contributed by atoms with Gasteiger partial charge in [-0.05, 0) is 60.4 Å². The van der Waals surface area contributed by atoms with Gasteiger partial charge in [-0.15, -0.1) is 0 Å². The molecule has 8 heteroatoms. The summed E-state index contributed by atoms with van der Waals surface area (Å²) in [5.41, 5.74) is 2.58. The van der Waals surface area contributed by atoms with Gasteiger partial charge in [0, 0.05) is 11.1 Å². The lowest BCUT2D eigenvalue weighted by Crippen LogP contribution is -2.17. The number of ether oxygens (including phenoxy) is 4. The monoisotopic (exact) mass is 490 g/mol. The summed E-state index contributed by atoms with van der Waals surface area (Å²) in [6.45, 7) is 0. The zero-order valence-electron chi connectivity index (χ0n) is 20.5. The highest BCUT2D eigenvalue weighted by Gasteiger charge is 2.24. The summed E-state index contributed by atoms with van der Waals surface area (Å²) < 4.78 is 20.1. The van der Waals surface area contributed by atoms with E-state index in [0.717, 1.165) is 5.56 Å². The molecule has 0 bridgehead atoms. The molecule has 0 saturated carbocycles. The van der Waals surface area contributed by atoms with Crippen molar-refractivity contribution in [3.8, 4) is 11.5 Å². The molecule has 0 saturated heterocycles. The van der Waals surface area contributed by atoms with Gasteiger partial charge < -0.3 is 18.9 Å². The van der Waals surface area contributed by atoms with Crippen LogP contribution in [0.4, 0.5) is 0 Å². The van der Waals surface area contributed by atoms with E-state index in [9.17, 15) is 19.2 Å². The van der Waals surface area contributed by atoms with Gasteiger partial charge in [0.1, 0.15) is 0 Å². The Morgan fingerprint density at radius 2 is 1.06 bits per heavy atom. The minimum absolute atomic E-state index is 0.145. The predicted octanol–water partition coefficient (Wildman–Crippen LogP) is 4.13. The standard InChI is InChI=1S/C28H26O8/c1-33-23-15-21(10-7-17-5-8-19(9-6-17)27(31)35-3)22(16-24(23)34-2)26(30)25(29)18-11-13-20(14-12-18)28(32)36-4/h5-6,8-9,11-16H,7,10H2,1-4H3. The molecule has 0 aliphatic heterocycles. The summed E-state index contributed by atoms with van der Waals surface area (Å²) in [5, 5.41) is 0. The van der Waals surface area contributed by atoms with E-state index in [1.165, 1.54) is 58.8 Å². The van der Waals surface area contributed by atoms with Crippen molar-refractivity contribution in [2.45, 2.75) is 12.8 Å². The first-order chi connectivity index (χ1) is 17.3. The third-order valence-corrected chi connectivity index (χ3v) is 5.69. The average molecular weight is 491 g/mol. The second kappa shape index (κ2) is 11.8. The Hall–Kier alpha value is -4.46. The molecule has 186 valence electrons. The van der Waals surface area contributed by atoms with Crippen LogP contribution in [0.2, 0.25) is 0 Å². The van der Waals surface area contributed by atoms with Crippen LogP contribution in [0.1, 0.15) is 52.6 Å². The lowest BCUT2D eigenvalue weighted by molar-refractivity contribution is 0.0592. The van der Waals surface area contributed by atoms with Crippen LogP contribution < -0.4 is 9.47 Å². The van der Waals surface area contributed by atoms with E-state index in [-0.39, 0.29) is 16.7 Å². The van der Waals surface area contributed by atoms with Gasteiger partial charge in [-0.3, -0.25) is 9.59 Å². The number of hydrogen-bond donors (Lipinski definition) is 0. The van der Waals surface area contributed by atoms with Crippen LogP contribution >= 0.6 is 0 Å². The van der Waals surface area contributed by atoms with Crippen LogP contribution in [-0.4, -0.2) is 51.9 Å². The van der Waals surface area contributed by atoms with Gasteiger partial charge in [-0.1, -0.05) is 24.3 Å². The number of methoxy groups -OCH3 is 4. The lowest BCUT2D eigenvalue weighted by atomic mass is 9.93. The van der Waals surface area contributed by atoms with Crippen molar-refractivity contribution in [1.29, 1.82) is 0 Å². The third kappa shape index (κ3) is 5.78. The van der Waals surface area contributed by atoms with Gasteiger partial charge in [-0.25, -0.2) is 9.59 Å². The van der Waals surface area contributed by atoms with Crippen molar-refractivity contribution in [1.82, 2.24) is 0 Å². The Labute approximate surface area is 208 Å². The number of ketones is 2. The van der Waals surface area contributed by atoms with Crippen LogP contribution in [0.25, 0.3) is 0 Å². The quantitative estimate of drug-likeness (QED) is 0.237. The Morgan fingerprint density at radius 1 is 0.583 bits per heavy atom. The zero-order valence-corrected chi connectivity index (χ0v) is 20.5. The molecule has 0 heterocycles. The number of carbonyl (C=O) groups excluding carboxylic acids is 4. The number of carbonyl (C=O) groups is 4. The van der Waals surface area contributed by atoms with Crippen LogP contribution in [0, 0.1) is 0 Å². The summed E-state index contributed by atoms with van der Waals surface area (Å²) in [6, 6.07) is 15.8. The maximum atomic E-state index is 13.3. The van der Waals surface area contributed by atoms with E-state index in [2.05, 4.69) is 4.74 Å². The van der Waals surface area contributed by atoms with Gasteiger partial charge in [0.15, 0.2) is 11.5 Å². The number of Topliss-reactive ketones (excluding diaryl/α,β-unsaturated/α-hetero) is 2. The normalized spacial score (nSPS) is 10.3. The SMILES string of the molecule is COC(=O)c1ccc(CCc2cc(OC)c(OC)cc2C(=O)C(=O)c2ccc(C(=O)OC)cc2)cc1. The van der Waals surface area contributed by atoms with E-state index >= 15 is 0 Å². The highest BCUT2D eigenvalue weighted by molar-refractivity contribution is 6.49. The second-order valence-electron chi connectivity index (χ2n) is 7.78. The number of aryl methyl sites for hydroxylation is 2. The first-order valence-electron chi connectivity index (χ1n) is 11.0. The summed E-state index contributed by atoms with van der Waals surface area (Å²) in [4.78, 5) is 49.6. The molecule has 0 unspecified atom stereocenters. The average Bonchev–Trinajstić information content (AvgIpc) is 2.94. The van der Waals surface area contributed by atoms with Crippen molar-refractivity contribution < 1.29 is 38.1 Å². The Morgan fingerprint density at radius 3 is 1.56 bits per heavy atom. The zero-order chi connectivity index (χ0) is 26.2. The van der Waals surface area contributed by atoms with E-state index < -0.39 is 23.5 Å². The van der Waals surface area contributed by atoms with Gasteiger partial charge in [0.25, 0.3) is 0 Å². The lowest BCUT2D eigenvalue weighted by Gasteiger charge is -2.14. The van der Waals surface area contributed by atoms with Crippen LogP contribution in [0.5, 0.6) is 11.5 Å². The second-order valence-corrected chi connectivity index (χ2v) is 7.78. The molecular weight excluding hydrogens is 464 g/mol. The van der Waals surface area contributed by atoms with Crippen LogP contribution in [0.15, 0.2) is 60.7 Å². The van der Waals surface area contributed by atoms with Gasteiger partial charge in [-0.2, -0.15) is 0 Å². The van der Waals surface area contributed by atoms with Crippen molar-refractivity contribution in [3.05, 3.63) is 94.0 Å². The molecule has 8 nitrogen and oxygen atoms in total. The fraction of sp³-hybridized carbons (Fsp3) is 0.214. The van der Waals surface area contributed by atoms with Crippen LogP contribution in [0.3, 0.4) is 0 Å². The largest absolute Gasteiger partial charge is 0.493 e. The van der Waals surface area contributed by atoms with E-state index in [4.69, 9.17) is 14.2 Å². The molecule has 3 rings (SSSR count). The summed E-state index contributed by atoms with van der Waals surface area (Å²) in [6.07, 6.45) is 0.965. The molecule has 0 radical (unpaired) electrons. The topological polar surface area (TPSA) is 105 Å².